The molecule has 1 aromatic carbocycles. The third kappa shape index (κ3) is 4.78. The van der Waals surface area contributed by atoms with Crippen molar-refractivity contribution in [1.82, 2.24) is 24.7 Å². The number of pyridine rings is 2. The van der Waals surface area contributed by atoms with Crippen LogP contribution in [0.15, 0.2) is 73.4 Å². The van der Waals surface area contributed by atoms with Crippen LogP contribution in [0.2, 0.25) is 0 Å². The van der Waals surface area contributed by atoms with Crippen LogP contribution in [0, 0.1) is 0 Å². The Morgan fingerprint density at radius 3 is 2.68 bits per heavy atom. The minimum atomic E-state index is -0.401. The molecule has 0 aliphatic heterocycles. The van der Waals surface area contributed by atoms with Crippen molar-refractivity contribution in [3.63, 3.8) is 0 Å². The van der Waals surface area contributed by atoms with Crippen LogP contribution in [0.4, 0.5) is 5.69 Å². The molecule has 31 heavy (non-hydrogen) atoms. The minimum absolute atomic E-state index is 0.181. The fourth-order valence-electron chi connectivity index (χ4n) is 3.07. The second kappa shape index (κ2) is 8.95. The molecule has 0 fully saturated rings. The maximum atomic E-state index is 12.8. The number of benzene rings is 1. The molecule has 0 radical (unpaired) electrons. The topological polar surface area (TPSA) is 129 Å². The number of amides is 2. The Morgan fingerprint density at radius 1 is 1.00 bits per heavy atom. The first-order valence-electron chi connectivity index (χ1n) is 9.54. The molecule has 4 rings (SSSR count). The molecule has 3 heterocycles. The highest BCUT2D eigenvalue weighted by Crippen LogP contribution is 2.22. The number of anilines is 1. The first-order valence-corrected chi connectivity index (χ1v) is 9.54. The number of hydrogen-bond donors (Lipinski definition) is 2. The van der Waals surface area contributed by atoms with Crippen LogP contribution < -0.4 is 11.1 Å². The second-order valence-electron chi connectivity index (χ2n) is 6.77. The van der Waals surface area contributed by atoms with Gasteiger partial charge in [-0.05, 0) is 35.9 Å². The fourth-order valence-corrected chi connectivity index (χ4v) is 3.07. The summed E-state index contributed by atoms with van der Waals surface area (Å²) in [5, 5.41) is 10.9. The number of nitrogens with zero attached hydrogens (tertiary/aromatic N) is 5. The SMILES string of the molecule is NC(=O)CCn1cnnc1-c1cccc(NC(=O)c2cc(-c3cccnc3)ccn2)c1. The summed E-state index contributed by atoms with van der Waals surface area (Å²) in [6.07, 6.45) is 6.74. The smallest absolute Gasteiger partial charge is 0.274 e. The van der Waals surface area contributed by atoms with E-state index in [-0.39, 0.29) is 18.0 Å². The summed E-state index contributed by atoms with van der Waals surface area (Å²) in [5.74, 6) is -0.159. The molecule has 3 N–H and O–H groups in total. The summed E-state index contributed by atoms with van der Waals surface area (Å²) in [6, 6.07) is 14.5. The van der Waals surface area contributed by atoms with Crippen molar-refractivity contribution in [2.24, 2.45) is 5.73 Å². The number of hydrogen-bond acceptors (Lipinski definition) is 6. The average Bonchev–Trinajstić information content (AvgIpc) is 3.27. The van der Waals surface area contributed by atoms with E-state index in [2.05, 4.69) is 25.5 Å². The number of carbonyl (C=O) groups excluding carboxylic acids is 2. The number of aryl methyl sites for hydroxylation is 1. The molecular formula is C22H19N7O2. The van der Waals surface area contributed by atoms with E-state index in [1.807, 2.05) is 24.3 Å². The molecule has 154 valence electrons. The molecule has 0 unspecified atom stereocenters. The predicted octanol–water partition coefficient (Wildman–Crippen LogP) is 2.53. The number of aromatic nitrogens is 5. The average molecular weight is 413 g/mol. The maximum Gasteiger partial charge on any atom is 0.274 e. The zero-order chi connectivity index (χ0) is 21.6. The van der Waals surface area contributed by atoms with Gasteiger partial charge in [0.1, 0.15) is 12.0 Å². The van der Waals surface area contributed by atoms with Gasteiger partial charge in [0.25, 0.3) is 5.91 Å². The molecule has 0 atom stereocenters. The molecule has 3 aromatic heterocycles. The van der Waals surface area contributed by atoms with E-state index in [4.69, 9.17) is 5.73 Å². The summed E-state index contributed by atoms with van der Waals surface area (Å²) in [5.41, 5.74) is 8.60. The molecule has 0 aliphatic rings. The Morgan fingerprint density at radius 2 is 1.87 bits per heavy atom. The van der Waals surface area contributed by atoms with Crippen molar-refractivity contribution < 1.29 is 9.59 Å². The van der Waals surface area contributed by atoms with E-state index in [0.29, 0.717) is 18.1 Å². The molecule has 0 bridgehead atoms. The Labute approximate surface area is 178 Å². The highest BCUT2D eigenvalue weighted by atomic mass is 16.2. The summed E-state index contributed by atoms with van der Waals surface area (Å²) in [4.78, 5) is 32.1. The zero-order valence-electron chi connectivity index (χ0n) is 16.5. The summed E-state index contributed by atoms with van der Waals surface area (Å²) in [6.45, 7) is 0.374. The summed E-state index contributed by atoms with van der Waals surface area (Å²) in [7, 11) is 0. The van der Waals surface area contributed by atoms with Crippen LogP contribution in [0.25, 0.3) is 22.5 Å². The van der Waals surface area contributed by atoms with Gasteiger partial charge < -0.3 is 15.6 Å². The quantitative estimate of drug-likeness (QED) is 0.479. The van der Waals surface area contributed by atoms with Gasteiger partial charge in [0.2, 0.25) is 5.91 Å². The van der Waals surface area contributed by atoms with E-state index < -0.39 is 5.91 Å². The van der Waals surface area contributed by atoms with Crippen LogP contribution in [0.5, 0.6) is 0 Å². The highest BCUT2D eigenvalue weighted by Gasteiger charge is 2.12. The van der Waals surface area contributed by atoms with Gasteiger partial charge in [-0.15, -0.1) is 10.2 Å². The summed E-state index contributed by atoms with van der Waals surface area (Å²) < 4.78 is 1.74. The van der Waals surface area contributed by atoms with E-state index >= 15 is 0 Å². The molecule has 2 amide bonds. The van der Waals surface area contributed by atoms with E-state index in [1.165, 1.54) is 6.33 Å². The lowest BCUT2D eigenvalue weighted by molar-refractivity contribution is -0.118. The van der Waals surface area contributed by atoms with Gasteiger partial charge in [-0.3, -0.25) is 19.6 Å². The van der Waals surface area contributed by atoms with E-state index in [0.717, 1.165) is 16.7 Å². The first kappa shape index (κ1) is 19.9. The zero-order valence-corrected chi connectivity index (χ0v) is 16.5. The van der Waals surface area contributed by atoms with Crippen molar-refractivity contribution in [1.29, 1.82) is 0 Å². The monoisotopic (exact) mass is 413 g/mol. The van der Waals surface area contributed by atoms with Gasteiger partial charge in [0.15, 0.2) is 5.82 Å². The maximum absolute atomic E-state index is 12.8. The van der Waals surface area contributed by atoms with Crippen LogP contribution in [0.1, 0.15) is 16.9 Å². The Hall–Kier alpha value is -4.40. The Balaban J connectivity index is 1.53. The van der Waals surface area contributed by atoms with E-state index in [1.54, 1.807) is 47.4 Å². The van der Waals surface area contributed by atoms with Crippen LogP contribution >= 0.6 is 0 Å². The van der Waals surface area contributed by atoms with Gasteiger partial charge in [-0.25, -0.2) is 0 Å². The second-order valence-corrected chi connectivity index (χ2v) is 6.77. The van der Waals surface area contributed by atoms with Gasteiger partial charge in [0.05, 0.1) is 0 Å². The number of primary amides is 1. The van der Waals surface area contributed by atoms with Crippen molar-refractivity contribution in [2.45, 2.75) is 13.0 Å². The largest absolute Gasteiger partial charge is 0.370 e. The Bertz CT molecular complexity index is 1220. The van der Waals surface area contributed by atoms with Gasteiger partial charge in [-0.2, -0.15) is 0 Å². The lowest BCUT2D eigenvalue weighted by Crippen LogP contribution is -2.14. The molecule has 0 saturated carbocycles. The third-order valence-electron chi connectivity index (χ3n) is 4.58. The lowest BCUT2D eigenvalue weighted by Gasteiger charge is -2.09. The van der Waals surface area contributed by atoms with Crippen molar-refractivity contribution in [3.05, 3.63) is 79.1 Å². The number of nitrogens with two attached hydrogens (primary N) is 1. The molecule has 9 nitrogen and oxygen atoms in total. The number of rotatable bonds is 7. The van der Waals surface area contributed by atoms with Crippen molar-refractivity contribution >= 4 is 17.5 Å². The highest BCUT2D eigenvalue weighted by molar-refractivity contribution is 6.03. The number of carbonyl (C=O) groups is 2. The predicted molar refractivity (Wildman–Crippen MR) is 115 cm³/mol. The minimum Gasteiger partial charge on any atom is -0.370 e. The van der Waals surface area contributed by atoms with Crippen LogP contribution in [0.3, 0.4) is 0 Å². The van der Waals surface area contributed by atoms with E-state index in [9.17, 15) is 9.59 Å². The van der Waals surface area contributed by atoms with Crippen LogP contribution in [-0.4, -0.2) is 36.5 Å². The number of nitrogens with one attached hydrogen (secondary N) is 1. The molecule has 4 aromatic rings. The summed E-state index contributed by atoms with van der Waals surface area (Å²) >= 11 is 0. The van der Waals surface area contributed by atoms with Gasteiger partial charge in [0, 0.05) is 48.4 Å². The van der Waals surface area contributed by atoms with Crippen molar-refractivity contribution in [3.8, 4) is 22.5 Å². The normalized spacial score (nSPS) is 10.6. The Kier molecular flexibility index (Phi) is 5.75. The molecular weight excluding hydrogens is 394 g/mol. The molecule has 0 spiro atoms. The van der Waals surface area contributed by atoms with Gasteiger partial charge in [-0.1, -0.05) is 18.2 Å². The molecule has 0 saturated heterocycles. The van der Waals surface area contributed by atoms with Crippen LogP contribution in [-0.2, 0) is 11.3 Å². The molecule has 9 heteroatoms. The third-order valence-corrected chi connectivity index (χ3v) is 4.58. The van der Waals surface area contributed by atoms with Crippen molar-refractivity contribution in [2.75, 3.05) is 5.32 Å². The van der Waals surface area contributed by atoms with Gasteiger partial charge >= 0.3 is 0 Å². The fraction of sp³-hybridized carbons (Fsp3) is 0.0909. The lowest BCUT2D eigenvalue weighted by atomic mass is 10.1. The molecule has 0 aliphatic carbocycles. The first-order chi connectivity index (χ1) is 15.1. The standard InChI is InChI=1S/C22H19N7O2/c23-20(30)7-10-29-14-26-28-21(29)16-3-1-5-18(11-16)27-22(31)19-12-15(6-9-25-19)17-4-2-8-24-13-17/h1-6,8-9,11-14H,7,10H2,(H2,23,30)(H,27,31).